The van der Waals surface area contributed by atoms with Gasteiger partial charge in [-0.25, -0.2) is 0 Å². The fraction of sp³-hybridized carbons (Fsp3) is 0.471. The van der Waals surface area contributed by atoms with Crippen molar-refractivity contribution < 1.29 is 19.1 Å². The first-order valence-corrected chi connectivity index (χ1v) is 8.72. The number of methoxy groups -OCH3 is 1. The minimum atomic E-state index is -0.590. The van der Waals surface area contributed by atoms with Crippen LogP contribution in [0.15, 0.2) is 18.2 Å². The average molecular weight is 387 g/mol. The summed E-state index contributed by atoms with van der Waals surface area (Å²) in [5.74, 6) is -1.19. The molecule has 2 amide bonds. The molecular formula is C17H20Cl2N2O4. The summed E-state index contributed by atoms with van der Waals surface area (Å²) in [4.78, 5) is 35.9. The van der Waals surface area contributed by atoms with Gasteiger partial charge in [-0.3, -0.25) is 14.4 Å². The normalized spacial score (nSPS) is 15.5. The Hall–Kier alpha value is -1.79. The van der Waals surface area contributed by atoms with Crippen LogP contribution in [0.2, 0.25) is 10.0 Å². The van der Waals surface area contributed by atoms with Crippen molar-refractivity contribution in [3.05, 3.63) is 33.8 Å². The van der Waals surface area contributed by atoms with Gasteiger partial charge in [-0.15, -0.1) is 0 Å². The predicted molar refractivity (Wildman–Crippen MR) is 94.8 cm³/mol. The van der Waals surface area contributed by atoms with Crippen LogP contribution in [0.1, 0.15) is 42.5 Å². The molecule has 0 heterocycles. The van der Waals surface area contributed by atoms with Gasteiger partial charge in [0.25, 0.3) is 5.91 Å². The van der Waals surface area contributed by atoms with Crippen LogP contribution in [-0.4, -0.2) is 37.0 Å². The topological polar surface area (TPSA) is 84.5 Å². The Morgan fingerprint density at radius 1 is 1.20 bits per heavy atom. The number of esters is 1. The fourth-order valence-corrected chi connectivity index (χ4v) is 3.51. The van der Waals surface area contributed by atoms with Gasteiger partial charge in [-0.1, -0.05) is 36.0 Å². The summed E-state index contributed by atoms with van der Waals surface area (Å²) >= 11 is 11.8. The minimum Gasteiger partial charge on any atom is -0.469 e. The van der Waals surface area contributed by atoms with Gasteiger partial charge < -0.3 is 15.4 Å². The molecule has 0 aromatic heterocycles. The number of hydrogen-bond acceptors (Lipinski definition) is 4. The number of amides is 2. The smallest absolute Gasteiger partial charge is 0.307 e. The third-order valence-corrected chi connectivity index (χ3v) is 4.81. The SMILES string of the molecule is COC(=O)CC1(NC(=O)CNC(=O)c2ccc(Cl)cc2Cl)CCCC1. The van der Waals surface area contributed by atoms with Crippen LogP contribution in [0.4, 0.5) is 0 Å². The number of nitrogens with one attached hydrogen (secondary N) is 2. The lowest BCUT2D eigenvalue weighted by atomic mass is 9.93. The monoisotopic (exact) mass is 386 g/mol. The summed E-state index contributed by atoms with van der Waals surface area (Å²) in [5, 5.41) is 6.04. The van der Waals surface area contributed by atoms with E-state index in [0.29, 0.717) is 17.9 Å². The number of rotatable bonds is 6. The Morgan fingerprint density at radius 3 is 2.48 bits per heavy atom. The van der Waals surface area contributed by atoms with Crippen molar-refractivity contribution in [3.63, 3.8) is 0 Å². The van der Waals surface area contributed by atoms with Crippen LogP contribution in [0.5, 0.6) is 0 Å². The third-order valence-electron chi connectivity index (χ3n) is 4.26. The van der Waals surface area contributed by atoms with E-state index >= 15 is 0 Å². The molecule has 0 unspecified atom stereocenters. The zero-order valence-electron chi connectivity index (χ0n) is 13.9. The van der Waals surface area contributed by atoms with E-state index in [1.54, 1.807) is 6.07 Å². The molecule has 1 aromatic rings. The molecule has 0 radical (unpaired) electrons. The van der Waals surface area contributed by atoms with Crippen LogP contribution >= 0.6 is 23.2 Å². The van der Waals surface area contributed by atoms with E-state index < -0.39 is 11.4 Å². The van der Waals surface area contributed by atoms with Crippen molar-refractivity contribution in [1.82, 2.24) is 10.6 Å². The second-order valence-corrected chi connectivity index (χ2v) is 6.94. The van der Waals surface area contributed by atoms with Gasteiger partial charge in [0.05, 0.1) is 36.2 Å². The molecule has 136 valence electrons. The first kappa shape index (κ1) is 19.5. The molecule has 0 aliphatic heterocycles. The molecule has 2 rings (SSSR count). The molecule has 1 fully saturated rings. The van der Waals surface area contributed by atoms with E-state index in [1.807, 2.05) is 0 Å². The highest BCUT2D eigenvalue weighted by molar-refractivity contribution is 6.36. The Morgan fingerprint density at radius 2 is 1.88 bits per heavy atom. The zero-order chi connectivity index (χ0) is 18.4. The van der Waals surface area contributed by atoms with E-state index in [4.69, 9.17) is 27.9 Å². The van der Waals surface area contributed by atoms with Gasteiger partial charge in [0.2, 0.25) is 5.91 Å². The molecular weight excluding hydrogens is 367 g/mol. The first-order chi connectivity index (χ1) is 11.8. The number of halogens is 2. The second-order valence-electron chi connectivity index (χ2n) is 6.10. The molecule has 0 atom stereocenters. The maximum absolute atomic E-state index is 12.2. The van der Waals surface area contributed by atoms with E-state index in [-0.39, 0.29) is 35.4 Å². The molecule has 1 aliphatic carbocycles. The van der Waals surface area contributed by atoms with Crippen molar-refractivity contribution in [2.45, 2.75) is 37.6 Å². The molecule has 0 bridgehead atoms. The largest absolute Gasteiger partial charge is 0.469 e. The highest BCUT2D eigenvalue weighted by Gasteiger charge is 2.37. The summed E-state index contributed by atoms with van der Waals surface area (Å²) in [7, 11) is 1.32. The number of ether oxygens (including phenoxy) is 1. The number of carbonyl (C=O) groups is 3. The molecule has 0 saturated heterocycles. The standard InChI is InChI=1S/C17H20Cl2N2O4/c1-25-15(23)9-17(6-2-3-7-17)21-14(22)10-20-16(24)12-5-4-11(18)8-13(12)19/h4-5,8H,2-3,6-7,9-10H2,1H3,(H,20,24)(H,21,22). The minimum absolute atomic E-state index is 0.131. The quantitative estimate of drug-likeness (QED) is 0.736. The van der Waals surface area contributed by atoms with E-state index in [1.165, 1.54) is 19.2 Å². The summed E-state index contributed by atoms with van der Waals surface area (Å²) < 4.78 is 4.71. The van der Waals surface area contributed by atoms with Crippen molar-refractivity contribution in [2.75, 3.05) is 13.7 Å². The van der Waals surface area contributed by atoms with Crippen LogP contribution in [0, 0.1) is 0 Å². The van der Waals surface area contributed by atoms with Crippen LogP contribution in [-0.2, 0) is 14.3 Å². The number of hydrogen-bond donors (Lipinski definition) is 2. The number of carbonyl (C=O) groups excluding carboxylic acids is 3. The lowest BCUT2D eigenvalue weighted by molar-refractivity contribution is -0.142. The molecule has 1 saturated carbocycles. The van der Waals surface area contributed by atoms with Crippen molar-refractivity contribution in [2.24, 2.45) is 0 Å². The molecule has 2 N–H and O–H groups in total. The summed E-state index contributed by atoms with van der Waals surface area (Å²) in [6, 6.07) is 4.50. The maximum atomic E-state index is 12.2. The molecule has 25 heavy (non-hydrogen) atoms. The van der Waals surface area contributed by atoms with Gasteiger partial charge in [-0.2, -0.15) is 0 Å². The highest BCUT2D eigenvalue weighted by atomic mass is 35.5. The zero-order valence-corrected chi connectivity index (χ0v) is 15.4. The molecule has 0 spiro atoms. The highest BCUT2D eigenvalue weighted by Crippen LogP contribution is 2.32. The van der Waals surface area contributed by atoms with Gasteiger partial charge in [-0.05, 0) is 31.0 Å². The van der Waals surface area contributed by atoms with Crippen LogP contribution < -0.4 is 10.6 Å². The average Bonchev–Trinajstić information content (AvgIpc) is 3.00. The van der Waals surface area contributed by atoms with Crippen LogP contribution in [0.3, 0.4) is 0 Å². The number of benzene rings is 1. The van der Waals surface area contributed by atoms with E-state index in [2.05, 4.69) is 10.6 Å². The van der Waals surface area contributed by atoms with Crippen molar-refractivity contribution in [1.29, 1.82) is 0 Å². The Bertz CT molecular complexity index is 673. The van der Waals surface area contributed by atoms with Crippen molar-refractivity contribution in [3.8, 4) is 0 Å². The second kappa shape index (κ2) is 8.54. The lowest BCUT2D eigenvalue weighted by Gasteiger charge is -2.29. The van der Waals surface area contributed by atoms with E-state index in [9.17, 15) is 14.4 Å². The van der Waals surface area contributed by atoms with Gasteiger partial charge in [0, 0.05) is 5.02 Å². The predicted octanol–water partition coefficient (Wildman–Crippen LogP) is 2.72. The van der Waals surface area contributed by atoms with E-state index in [0.717, 1.165) is 12.8 Å². The van der Waals surface area contributed by atoms with Crippen molar-refractivity contribution >= 4 is 41.0 Å². The Kier molecular flexibility index (Phi) is 6.67. The van der Waals surface area contributed by atoms with Gasteiger partial charge in [0.15, 0.2) is 0 Å². The molecule has 1 aliphatic rings. The Balaban J connectivity index is 1.92. The summed E-state index contributed by atoms with van der Waals surface area (Å²) in [5.41, 5.74) is -0.351. The van der Waals surface area contributed by atoms with Gasteiger partial charge in [0.1, 0.15) is 0 Å². The van der Waals surface area contributed by atoms with Gasteiger partial charge >= 0.3 is 5.97 Å². The summed E-state index contributed by atoms with van der Waals surface area (Å²) in [6.07, 6.45) is 3.43. The summed E-state index contributed by atoms with van der Waals surface area (Å²) in [6.45, 7) is -0.208. The molecule has 1 aromatic carbocycles. The molecule has 6 nitrogen and oxygen atoms in total. The lowest BCUT2D eigenvalue weighted by Crippen LogP contribution is -2.51. The third kappa shape index (κ3) is 5.34. The fourth-order valence-electron chi connectivity index (χ4n) is 3.02. The maximum Gasteiger partial charge on any atom is 0.307 e. The van der Waals surface area contributed by atoms with Crippen LogP contribution in [0.25, 0.3) is 0 Å². The molecule has 8 heteroatoms. The Labute approximate surface area is 156 Å². The first-order valence-electron chi connectivity index (χ1n) is 7.96.